The fourth-order valence-electron chi connectivity index (χ4n) is 2.37. The molecule has 1 N–H and O–H groups in total. The van der Waals surface area contributed by atoms with Crippen molar-refractivity contribution in [1.29, 1.82) is 5.26 Å². The predicted octanol–water partition coefficient (Wildman–Crippen LogP) is 4.81. The molecule has 2 aromatic rings. The summed E-state index contributed by atoms with van der Waals surface area (Å²) in [6, 6.07) is 10.8. The molecule has 27 heavy (non-hydrogen) atoms. The molecule has 6 nitrogen and oxygen atoms in total. The highest BCUT2D eigenvalue weighted by Crippen LogP contribution is 2.26. The normalized spacial score (nSPS) is 11.0. The number of rotatable bonds is 4. The van der Waals surface area contributed by atoms with E-state index in [0.717, 1.165) is 5.56 Å². The van der Waals surface area contributed by atoms with Gasteiger partial charge in [0.15, 0.2) is 5.78 Å². The van der Waals surface area contributed by atoms with Crippen molar-refractivity contribution in [1.82, 2.24) is 4.98 Å². The topological polar surface area (TPSA) is 92.1 Å². The van der Waals surface area contributed by atoms with Crippen LogP contribution in [0.2, 0.25) is 0 Å². The summed E-state index contributed by atoms with van der Waals surface area (Å²) in [5.41, 5.74) is 1.74. The van der Waals surface area contributed by atoms with Gasteiger partial charge in [0.05, 0.1) is 17.3 Å². The van der Waals surface area contributed by atoms with Gasteiger partial charge < -0.3 is 4.74 Å². The second kappa shape index (κ2) is 8.00. The van der Waals surface area contributed by atoms with E-state index in [1.165, 1.54) is 0 Å². The van der Waals surface area contributed by atoms with Crippen LogP contribution in [0.4, 0.5) is 10.5 Å². The summed E-state index contributed by atoms with van der Waals surface area (Å²) in [5.74, 6) is -0.456. The number of carbonyl (C=O) groups excluding carboxylic acids is 2. The van der Waals surface area contributed by atoms with E-state index in [9.17, 15) is 9.59 Å². The molecule has 1 amide bonds. The van der Waals surface area contributed by atoms with Crippen LogP contribution in [0.25, 0.3) is 11.1 Å². The molecule has 0 unspecified atom stereocenters. The molecule has 6 heteroatoms. The molecule has 1 aromatic heterocycles. The second-order valence-electron chi connectivity index (χ2n) is 7.46. The van der Waals surface area contributed by atoms with Crippen molar-refractivity contribution >= 4 is 17.6 Å². The van der Waals surface area contributed by atoms with Crippen molar-refractivity contribution in [3.63, 3.8) is 0 Å². The first kappa shape index (κ1) is 20.1. The van der Waals surface area contributed by atoms with Gasteiger partial charge >= 0.3 is 6.09 Å². The number of nitrogens with one attached hydrogen (secondary N) is 1. The van der Waals surface area contributed by atoms with Crippen molar-refractivity contribution in [3.05, 3.63) is 47.8 Å². The largest absolute Gasteiger partial charge is 0.444 e. The van der Waals surface area contributed by atoms with E-state index >= 15 is 0 Å². The van der Waals surface area contributed by atoms with Gasteiger partial charge in [0.2, 0.25) is 0 Å². The van der Waals surface area contributed by atoms with Crippen LogP contribution in [-0.2, 0) is 4.74 Å². The molecule has 1 heterocycles. The number of anilines is 1. The third-order valence-corrected chi connectivity index (χ3v) is 3.61. The Kier molecular flexibility index (Phi) is 5.96. The number of carbonyl (C=O) groups is 2. The Bertz CT molecular complexity index is 906. The van der Waals surface area contributed by atoms with Crippen LogP contribution in [0.3, 0.4) is 0 Å². The molecule has 0 fully saturated rings. The van der Waals surface area contributed by atoms with E-state index in [-0.39, 0.29) is 23.1 Å². The zero-order valence-corrected chi connectivity index (χ0v) is 16.2. The molecular weight excluding hydrogens is 342 g/mol. The summed E-state index contributed by atoms with van der Waals surface area (Å²) in [4.78, 5) is 29.0. The van der Waals surface area contributed by atoms with Crippen molar-refractivity contribution in [2.24, 2.45) is 5.92 Å². The van der Waals surface area contributed by atoms with E-state index in [4.69, 9.17) is 10.00 Å². The molecule has 0 aliphatic carbocycles. The average Bonchev–Trinajstić information content (AvgIpc) is 2.59. The Balaban J connectivity index is 2.47. The van der Waals surface area contributed by atoms with Crippen molar-refractivity contribution in [2.75, 3.05) is 5.32 Å². The molecule has 2 rings (SSSR count). The van der Waals surface area contributed by atoms with Crippen LogP contribution in [-0.4, -0.2) is 22.5 Å². The number of nitrogens with zero attached hydrogens (tertiary/aromatic N) is 2. The maximum atomic E-state index is 12.5. The lowest BCUT2D eigenvalue weighted by Crippen LogP contribution is -2.28. The van der Waals surface area contributed by atoms with E-state index < -0.39 is 11.7 Å². The van der Waals surface area contributed by atoms with Gasteiger partial charge in [-0.3, -0.25) is 15.1 Å². The number of nitriles is 1. The number of pyridine rings is 1. The Morgan fingerprint density at radius 1 is 1.19 bits per heavy atom. The molecule has 0 aliphatic rings. The summed E-state index contributed by atoms with van der Waals surface area (Å²) in [7, 11) is 0. The molecule has 140 valence electrons. The fraction of sp³-hybridized carbons (Fsp3) is 0.333. The van der Waals surface area contributed by atoms with Gasteiger partial charge in [-0.05, 0) is 44.5 Å². The Hall–Kier alpha value is -3.20. The van der Waals surface area contributed by atoms with E-state index in [1.54, 1.807) is 65.1 Å². The fourth-order valence-corrected chi connectivity index (χ4v) is 2.37. The van der Waals surface area contributed by atoms with Crippen LogP contribution < -0.4 is 5.32 Å². The van der Waals surface area contributed by atoms with E-state index in [1.807, 2.05) is 6.07 Å². The van der Waals surface area contributed by atoms with Gasteiger partial charge in [-0.15, -0.1) is 0 Å². The van der Waals surface area contributed by atoms with Crippen molar-refractivity contribution < 1.29 is 14.3 Å². The third-order valence-electron chi connectivity index (χ3n) is 3.61. The molecule has 0 bridgehead atoms. The number of hydrogen-bond donors (Lipinski definition) is 1. The van der Waals surface area contributed by atoms with E-state index in [2.05, 4.69) is 16.4 Å². The van der Waals surface area contributed by atoms with Crippen molar-refractivity contribution in [2.45, 2.75) is 40.2 Å². The molecule has 0 aliphatic heterocycles. The lowest BCUT2D eigenvalue weighted by atomic mass is 10.0. The smallest absolute Gasteiger partial charge is 0.412 e. The summed E-state index contributed by atoms with van der Waals surface area (Å²) in [5, 5.41) is 11.7. The minimum atomic E-state index is -0.668. The van der Waals surface area contributed by atoms with Crippen LogP contribution in [0.15, 0.2) is 36.5 Å². The highest BCUT2D eigenvalue weighted by atomic mass is 16.6. The molecule has 0 saturated heterocycles. The first-order valence-corrected chi connectivity index (χ1v) is 8.65. The zero-order valence-electron chi connectivity index (χ0n) is 16.2. The minimum absolute atomic E-state index is 0.177. The number of amides is 1. The van der Waals surface area contributed by atoms with Gasteiger partial charge in [0, 0.05) is 17.7 Å². The summed E-state index contributed by atoms with van der Waals surface area (Å²) in [6.07, 6.45) is 0.900. The SMILES string of the molecule is CC(C)C(=O)c1ncc(-c2cccc(C#N)c2)cc1NC(=O)OC(C)(C)C. The Morgan fingerprint density at radius 2 is 1.89 bits per heavy atom. The highest BCUT2D eigenvalue weighted by molar-refractivity contribution is 6.03. The first-order valence-electron chi connectivity index (χ1n) is 8.65. The lowest BCUT2D eigenvalue weighted by molar-refractivity contribution is 0.0636. The van der Waals surface area contributed by atoms with Gasteiger partial charge in [0.25, 0.3) is 0 Å². The molecule has 0 atom stereocenters. The molecule has 0 radical (unpaired) electrons. The van der Waals surface area contributed by atoms with Gasteiger partial charge in [0.1, 0.15) is 11.3 Å². The number of Topliss-reactive ketones (excluding diaryl/α,β-unsaturated/α-hetero) is 1. The highest BCUT2D eigenvalue weighted by Gasteiger charge is 2.22. The third kappa shape index (κ3) is 5.38. The number of hydrogen-bond acceptors (Lipinski definition) is 5. The molecule has 0 spiro atoms. The van der Waals surface area contributed by atoms with Crippen LogP contribution in [0, 0.1) is 17.2 Å². The first-order chi connectivity index (χ1) is 12.6. The predicted molar refractivity (Wildman–Crippen MR) is 103 cm³/mol. The van der Waals surface area contributed by atoms with Crippen molar-refractivity contribution in [3.8, 4) is 17.2 Å². The number of benzene rings is 1. The Morgan fingerprint density at radius 3 is 2.48 bits per heavy atom. The van der Waals surface area contributed by atoms with Crippen LogP contribution >= 0.6 is 0 Å². The van der Waals surface area contributed by atoms with Gasteiger partial charge in [-0.2, -0.15) is 5.26 Å². The second-order valence-corrected chi connectivity index (χ2v) is 7.46. The summed E-state index contributed by atoms with van der Waals surface area (Å²) in [6.45, 7) is 8.82. The average molecular weight is 365 g/mol. The van der Waals surface area contributed by atoms with E-state index in [0.29, 0.717) is 11.1 Å². The molecule has 1 aromatic carbocycles. The van der Waals surface area contributed by atoms with Crippen LogP contribution in [0.1, 0.15) is 50.7 Å². The summed E-state index contributed by atoms with van der Waals surface area (Å²) < 4.78 is 5.29. The standard InChI is InChI=1S/C21H23N3O3/c1-13(2)19(25)18-17(24-20(26)27-21(3,4)5)10-16(12-23-18)15-8-6-7-14(9-15)11-22/h6-10,12-13H,1-5H3,(H,24,26). The van der Waals surface area contributed by atoms with Gasteiger partial charge in [-0.25, -0.2) is 4.79 Å². The maximum absolute atomic E-state index is 12.5. The van der Waals surface area contributed by atoms with Gasteiger partial charge in [-0.1, -0.05) is 26.0 Å². The maximum Gasteiger partial charge on any atom is 0.412 e. The van der Waals surface area contributed by atoms with Crippen LogP contribution in [0.5, 0.6) is 0 Å². The molecule has 0 saturated carbocycles. The quantitative estimate of drug-likeness (QED) is 0.785. The monoisotopic (exact) mass is 365 g/mol. The Labute approximate surface area is 159 Å². The number of aromatic nitrogens is 1. The molecular formula is C21H23N3O3. The lowest BCUT2D eigenvalue weighted by Gasteiger charge is -2.20. The number of ether oxygens (including phenoxy) is 1. The number of ketones is 1. The summed E-state index contributed by atoms with van der Waals surface area (Å²) >= 11 is 0. The minimum Gasteiger partial charge on any atom is -0.444 e. The zero-order chi connectivity index (χ0) is 20.2.